The molecule has 0 aliphatic carbocycles. The number of nitro groups is 1. The predicted molar refractivity (Wildman–Crippen MR) is 96.7 cm³/mol. The van der Waals surface area contributed by atoms with Crippen LogP contribution in [0.25, 0.3) is 0 Å². The molecule has 0 heterocycles. The molecule has 2 aromatic carbocycles. The van der Waals surface area contributed by atoms with Gasteiger partial charge in [-0.25, -0.2) is 4.39 Å². The van der Waals surface area contributed by atoms with Crippen LogP contribution in [0.15, 0.2) is 48.5 Å². The van der Waals surface area contributed by atoms with E-state index in [0.717, 1.165) is 0 Å². The van der Waals surface area contributed by atoms with E-state index >= 15 is 0 Å². The van der Waals surface area contributed by atoms with Crippen molar-refractivity contribution in [2.24, 2.45) is 0 Å². The number of halogens is 1. The fraction of sp³-hybridized carbons (Fsp3) is 0.294. The second kappa shape index (κ2) is 8.89. The zero-order chi connectivity index (χ0) is 19.2. The lowest BCUT2D eigenvalue weighted by atomic mass is 10.2. The molecule has 7 nitrogen and oxygen atoms in total. The standard InChI is InChI=1S/C17H20FN2O5P/c1-3-24-26(23,25-4-2)17(13-6-5-7-14(18)12-13)19-15-8-10-16(11-9-15)20(21)22/h5-12,17,19H,3-4H2,1-2H3. The first-order valence-corrected chi connectivity index (χ1v) is 9.66. The molecular weight excluding hydrogens is 362 g/mol. The second-order valence-electron chi connectivity index (χ2n) is 5.28. The Hall–Kier alpha value is -2.28. The van der Waals surface area contributed by atoms with Gasteiger partial charge in [-0.1, -0.05) is 12.1 Å². The van der Waals surface area contributed by atoms with Crippen molar-refractivity contribution in [3.8, 4) is 0 Å². The average molecular weight is 382 g/mol. The van der Waals surface area contributed by atoms with Crippen LogP contribution in [-0.2, 0) is 13.6 Å². The van der Waals surface area contributed by atoms with Crippen LogP contribution in [0.4, 0.5) is 15.8 Å². The van der Waals surface area contributed by atoms with E-state index in [-0.39, 0.29) is 18.9 Å². The predicted octanol–water partition coefficient (Wildman–Crippen LogP) is 5.11. The number of rotatable bonds is 9. The highest BCUT2D eigenvalue weighted by Crippen LogP contribution is 2.60. The summed E-state index contributed by atoms with van der Waals surface area (Å²) in [5.41, 5.74) is 0.772. The summed E-state index contributed by atoms with van der Waals surface area (Å²) >= 11 is 0. The number of benzene rings is 2. The smallest absolute Gasteiger partial charge is 0.357 e. The zero-order valence-corrected chi connectivity index (χ0v) is 15.3. The molecule has 0 amide bonds. The molecule has 9 heteroatoms. The largest absolute Gasteiger partial charge is 0.368 e. The molecule has 0 bridgehead atoms. The normalized spacial score (nSPS) is 12.6. The number of anilines is 1. The highest BCUT2D eigenvalue weighted by atomic mass is 31.2. The van der Waals surface area contributed by atoms with Crippen LogP contribution < -0.4 is 5.32 Å². The van der Waals surface area contributed by atoms with Crippen LogP contribution in [0, 0.1) is 15.9 Å². The number of non-ortho nitro benzene ring substituents is 1. The van der Waals surface area contributed by atoms with Gasteiger partial charge in [0.15, 0.2) is 5.78 Å². The van der Waals surface area contributed by atoms with E-state index in [1.165, 1.54) is 42.5 Å². The molecule has 140 valence electrons. The minimum absolute atomic E-state index is 0.0735. The maximum absolute atomic E-state index is 13.7. The Morgan fingerprint density at radius 1 is 1.15 bits per heavy atom. The average Bonchev–Trinajstić information content (AvgIpc) is 2.60. The molecule has 2 aromatic rings. The molecule has 0 saturated carbocycles. The van der Waals surface area contributed by atoms with Gasteiger partial charge < -0.3 is 14.4 Å². The van der Waals surface area contributed by atoms with Crippen molar-refractivity contribution in [2.75, 3.05) is 18.5 Å². The highest BCUT2D eigenvalue weighted by molar-refractivity contribution is 7.54. The molecule has 0 radical (unpaired) electrons. The fourth-order valence-electron chi connectivity index (χ4n) is 2.41. The Kier molecular flexibility index (Phi) is 6.85. The molecule has 0 spiro atoms. The summed E-state index contributed by atoms with van der Waals surface area (Å²) < 4.78 is 37.8. The molecular formula is C17H20FN2O5P. The van der Waals surface area contributed by atoms with Crippen molar-refractivity contribution < 1.29 is 22.9 Å². The zero-order valence-electron chi connectivity index (χ0n) is 14.4. The minimum Gasteiger partial charge on any atom is -0.368 e. The number of hydrogen-bond acceptors (Lipinski definition) is 6. The van der Waals surface area contributed by atoms with E-state index < -0.39 is 24.1 Å². The lowest BCUT2D eigenvalue weighted by Crippen LogP contribution is -2.15. The minimum atomic E-state index is -3.68. The lowest BCUT2D eigenvalue weighted by molar-refractivity contribution is -0.384. The fourth-order valence-corrected chi connectivity index (χ4v) is 4.33. The van der Waals surface area contributed by atoms with Gasteiger partial charge in [0.25, 0.3) is 5.69 Å². The van der Waals surface area contributed by atoms with Crippen molar-refractivity contribution in [1.82, 2.24) is 0 Å². The third kappa shape index (κ3) is 4.88. The van der Waals surface area contributed by atoms with Crippen LogP contribution in [0.1, 0.15) is 25.2 Å². The van der Waals surface area contributed by atoms with E-state index in [2.05, 4.69) is 5.32 Å². The molecule has 1 N–H and O–H groups in total. The molecule has 0 aromatic heterocycles. The summed E-state index contributed by atoms with van der Waals surface area (Å²) in [6.07, 6.45) is 0. The summed E-state index contributed by atoms with van der Waals surface area (Å²) in [7, 11) is -3.68. The van der Waals surface area contributed by atoms with Crippen LogP contribution in [0.3, 0.4) is 0 Å². The van der Waals surface area contributed by atoms with Crippen LogP contribution >= 0.6 is 7.60 Å². The Labute approximate surface area is 150 Å². The molecule has 0 aliphatic heterocycles. The maximum Gasteiger partial charge on any atom is 0.357 e. The molecule has 0 fully saturated rings. The summed E-state index contributed by atoms with van der Waals surface area (Å²) in [4.78, 5) is 10.3. The topological polar surface area (TPSA) is 90.7 Å². The Balaban J connectivity index is 2.42. The van der Waals surface area contributed by atoms with E-state index in [1.807, 2.05) is 0 Å². The first-order valence-electron chi connectivity index (χ1n) is 8.05. The van der Waals surface area contributed by atoms with Gasteiger partial charge in [-0.2, -0.15) is 0 Å². The van der Waals surface area contributed by atoms with Crippen molar-refractivity contribution in [3.05, 3.63) is 70.0 Å². The summed E-state index contributed by atoms with van der Waals surface area (Å²) in [5.74, 6) is -1.46. The highest BCUT2D eigenvalue weighted by Gasteiger charge is 2.37. The van der Waals surface area contributed by atoms with E-state index in [9.17, 15) is 19.1 Å². The van der Waals surface area contributed by atoms with Crippen molar-refractivity contribution >= 4 is 19.0 Å². The van der Waals surface area contributed by atoms with Crippen LogP contribution in [-0.4, -0.2) is 18.1 Å². The van der Waals surface area contributed by atoms with Gasteiger partial charge in [0.1, 0.15) is 5.82 Å². The van der Waals surface area contributed by atoms with Gasteiger partial charge in [-0.05, 0) is 43.7 Å². The Morgan fingerprint density at radius 2 is 1.77 bits per heavy atom. The van der Waals surface area contributed by atoms with Crippen molar-refractivity contribution in [2.45, 2.75) is 19.6 Å². The quantitative estimate of drug-likeness (QED) is 0.368. The number of nitrogens with zero attached hydrogens (tertiary/aromatic N) is 1. The van der Waals surface area contributed by atoms with E-state index in [0.29, 0.717) is 11.3 Å². The number of nitrogens with one attached hydrogen (secondary N) is 1. The Bertz CT molecular complexity index is 790. The summed E-state index contributed by atoms with van der Waals surface area (Å²) in [6, 6.07) is 11.2. The van der Waals surface area contributed by atoms with Gasteiger partial charge >= 0.3 is 7.60 Å². The molecule has 1 atom stereocenters. The first kappa shape index (κ1) is 20.0. The third-order valence-electron chi connectivity index (χ3n) is 3.48. The summed E-state index contributed by atoms with van der Waals surface area (Å²) in [5, 5.41) is 13.8. The van der Waals surface area contributed by atoms with Gasteiger partial charge in [-0.15, -0.1) is 0 Å². The van der Waals surface area contributed by atoms with Gasteiger partial charge in [0.05, 0.1) is 18.1 Å². The first-order chi connectivity index (χ1) is 12.4. The van der Waals surface area contributed by atoms with E-state index in [1.54, 1.807) is 19.9 Å². The van der Waals surface area contributed by atoms with E-state index in [4.69, 9.17) is 9.05 Å². The lowest BCUT2D eigenvalue weighted by Gasteiger charge is -2.28. The summed E-state index contributed by atoms with van der Waals surface area (Å²) in [6.45, 7) is 3.65. The van der Waals surface area contributed by atoms with Gasteiger partial charge in [0, 0.05) is 17.8 Å². The number of nitro benzene ring substituents is 1. The van der Waals surface area contributed by atoms with Gasteiger partial charge in [-0.3, -0.25) is 14.7 Å². The monoisotopic (exact) mass is 382 g/mol. The second-order valence-corrected chi connectivity index (χ2v) is 7.39. The third-order valence-corrected chi connectivity index (χ3v) is 5.78. The maximum atomic E-state index is 13.7. The Morgan fingerprint density at radius 3 is 2.27 bits per heavy atom. The molecule has 1 unspecified atom stereocenters. The molecule has 0 aliphatic rings. The van der Waals surface area contributed by atoms with Crippen LogP contribution in [0.5, 0.6) is 0 Å². The number of hydrogen-bond donors (Lipinski definition) is 1. The van der Waals surface area contributed by atoms with Crippen LogP contribution in [0.2, 0.25) is 0 Å². The van der Waals surface area contributed by atoms with Gasteiger partial charge in [0.2, 0.25) is 0 Å². The SMILES string of the molecule is CCOP(=O)(OCC)C(Nc1ccc([N+](=O)[O-])cc1)c1cccc(F)c1. The van der Waals surface area contributed by atoms with Crippen molar-refractivity contribution in [3.63, 3.8) is 0 Å². The molecule has 2 rings (SSSR count). The van der Waals surface area contributed by atoms with Crippen molar-refractivity contribution in [1.29, 1.82) is 0 Å². The molecule has 0 saturated heterocycles. The molecule has 26 heavy (non-hydrogen) atoms.